The molecule has 6 nitrogen and oxygen atoms in total. The first kappa shape index (κ1) is 24.6. The third kappa shape index (κ3) is 6.28. The minimum absolute atomic E-state index is 0.0453. The Morgan fingerprint density at radius 1 is 1.18 bits per heavy atom. The van der Waals surface area contributed by atoms with Crippen LogP contribution in [0.3, 0.4) is 0 Å². The van der Waals surface area contributed by atoms with Gasteiger partial charge in [0.25, 0.3) is 0 Å². The normalized spacial score (nSPS) is 16.7. The predicted octanol–water partition coefficient (Wildman–Crippen LogP) is 4.28. The maximum Gasteiger partial charge on any atom is 0.247 e. The van der Waals surface area contributed by atoms with Gasteiger partial charge in [0, 0.05) is 41.7 Å². The van der Waals surface area contributed by atoms with E-state index in [4.69, 9.17) is 11.6 Å². The van der Waals surface area contributed by atoms with E-state index in [2.05, 4.69) is 10.6 Å². The first-order valence-electron chi connectivity index (χ1n) is 10.7. The molecule has 33 heavy (non-hydrogen) atoms. The van der Waals surface area contributed by atoms with E-state index < -0.39 is 29.6 Å². The summed E-state index contributed by atoms with van der Waals surface area (Å²) in [5, 5.41) is 5.96. The SMILES string of the molecule is CC(C)C(NC(=O)C[C@@H]1CCC(=O)N1Cc1cccc(F)c1F)C(=O)Nc1cccc(Cl)c1. The topological polar surface area (TPSA) is 78.5 Å². The van der Waals surface area contributed by atoms with Crippen LogP contribution in [-0.4, -0.2) is 34.7 Å². The number of hydrogen-bond acceptors (Lipinski definition) is 3. The predicted molar refractivity (Wildman–Crippen MR) is 121 cm³/mol. The van der Waals surface area contributed by atoms with E-state index >= 15 is 0 Å². The van der Waals surface area contributed by atoms with E-state index in [9.17, 15) is 23.2 Å². The van der Waals surface area contributed by atoms with Crippen LogP contribution in [-0.2, 0) is 20.9 Å². The number of nitrogens with one attached hydrogen (secondary N) is 2. The van der Waals surface area contributed by atoms with Crippen molar-refractivity contribution in [2.45, 2.75) is 51.7 Å². The van der Waals surface area contributed by atoms with Gasteiger partial charge in [-0.2, -0.15) is 0 Å². The summed E-state index contributed by atoms with van der Waals surface area (Å²) in [4.78, 5) is 39.3. The molecule has 2 atom stereocenters. The quantitative estimate of drug-likeness (QED) is 0.595. The molecule has 1 aliphatic rings. The summed E-state index contributed by atoms with van der Waals surface area (Å²) in [7, 11) is 0. The van der Waals surface area contributed by atoms with Crippen LogP contribution < -0.4 is 10.6 Å². The van der Waals surface area contributed by atoms with Gasteiger partial charge < -0.3 is 15.5 Å². The Hall–Kier alpha value is -3.00. The Kier molecular flexibility index (Phi) is 8.02. The second-order valence-electron chi connectivity index (χ2n) is 8.42. The fourth-order valence-corrected chi connectivity index (χ4v) is 4.03. The Bertz CT molecular complexity index is 1050. The van der Waals surface area contributed by atoms with Gasteiger partial charge in [-0.15, -0.1) is 0 Å². The van der Waals surface area contributed by atoms with Crippen LogP contribution in [0.4, 0.5) is 14.5 Å². The molecule has 0 aliphatic carbocycles. The van der Waals surface area contributed by atoms with Gasteiger partial charge in [-0.05, 0) is 36.6 Å². The molecular formula is C24H26ClF2N3O3. The molecular weight excluding hydrogens is 452 g/mol. The molecule has 0 radical (unpaired) electrons. The molecule has 2 N–H and O–H groups in total. The van der Waals surface area contributed by atoms with Crippen LogP contribution >= 0.6 is 11.6 Å². The number of benzene rings is 2. The van der Waals surface area contributed by atoms with Crippen molar-refractivity contribution in [1.29, 1.82) is 0 Å². The van der Waals surface area contributed by atoms with Gasteiger partial charge in [0.15, 0.2) is 11.6 Å². The maximum absolute atomic E-state index is 14.1. The van der Waals surface area contributed by atoms with E-state index in [1.807, 2.05) is 0 Å². The summed E-state index contributed by atoms with van der Waals surface area (Å²) < 4.78 is 27.6. The van der Waals surface area contributed by atoms with E-state index in [0.717, 1.165) is 6.07 Å². The van der Waals surface area contributed by atoms with Crippen LogP contribution in [0, 0.1) is 17.6 Å². The highest BCUT2D eigenvalue weighted by molar-refractivity contribution is 6.30. The highest BCUT2D eigenvalue weighted by Gasteiger charge is 2.34. The lowest BCUT2D eigenvalue weighted by atomic mass is 10.0. The highest BCUT2D eigenvalue weighted by Crippen LogP contribution is 2.25. The molecule has 0 aromatic heterocycles. The van der Waals surface area contributed by atoms with Crippen LogP contribution in [0.15, 0.2) is 42.5 Å². The average molecular weight is 478 g/mol. The molecule has 2 aromatic carbocycles. The summed E-state index contributed by atoms with van der Waals surface area (Å²) in [5.41, 5.74) is 0.564. The van der Waals surface area contributed by atoms with Gasteiger partial charge >= 0.3 is 0 Å². The lowest BCUT2D eigenvalue weighted by molar-refractivity contribution is -0.131. The zero-order chi connectivity index (χ0) is 24.1. The third-order valence-corrected chi connectivity index (χ3v) is 5.84. The minimum Gasteiger partial charge on any atom is -0.344 e. The number of likely N-dealkylation sites (tertiary alicyclic amines) is 1. The zero-order valence-corrected chi connectivity index (χ0v) is 19.2. The van der Waals surface area contributed by atoms with E-state index in [0.29, 0.717) is 17.1 Å². The lowest BCUT2D eigenvalue weighted by Gasteiger charge is -2.27. The molecule has 176 valence electrons. The lowest BCUT2D eigenvalue weighted by Crippen LogP contribution is -2.48. The molecule has 2 aromatic rings. The molecule has 1 unspecified atom stereocenters. The molecule has 9 heteroatoms. The van der Waals surface area contributed by atoms with Gasteiger partial charge in [-0.1, -0.05) is 43.6 Å². The monoisotopic (exact) mass is 477 g/mol. The first-order chi connectivity index (χ1) is 15.7. The summed E-state index contributed by atoms with van der Waals surface area (Å²) >= 11 is 5.95. The van der Waals surface area contributed by atoms with Gasteiger partial charge in [0.2, 0.25) is 17.7 Å². The zero-order valence-electron chi connectivity index (χ0n) is 18.4. The van der Waals surface area contributed by atoms with Crippen LogP contribution in [0.2, 0.25) is 5.02 Å². The first-order valence-corrected chi connectivity index (χ1v) is 11.1. The van der Waals surface area contributed by atoms with Crippen molar-refractivity contribution in [2.75, 3.05) is 5.32 Å². The van der Waals surface area contributed by atoms with Gasteiger partial charge in [0.1, 0.15) is 6.04 Å². The Balaban J connectivity index is 1.64. The summed E-state index contributed by atoms with van der Waals surface area (Å²) in [5.74, 6) is -3.20. The van der Waals surface area contributed by atoms with Crippen molar-refractivity contribution in [2.24, 2.45) is 5.92 Å². The smallest absolute Gasteiger partial charge is 0.247 e. The van der Waals surface area contributed by atoms with E-state index in [-0.39, 0.29) is 42.7 Å². The maximum atomic E-state index is 14.1. The van der Waals surface area contributed by atoms with E-state index in [1.165, 1.54) is 17.0 Å². The van der Waals surface area contributed by atoms with Gasteiger partial charge in [-0.25, -0.2) is 8.78 Å². The van der Waals surface area contributed by atoms with Crippen LogP contribution in [0.5, 0.6) is 0 Å². The molecule has 0 spiro atoms. The number of amides is 3. The molecule has 1 heterocycles. The number of halogens is 3. The second-order valence-corrected chi connectivity index (χ2v) is 8.86. The molecule has 0 bridgehead atoms. The molecule has 1 saturated heterocycles. The molecule has 0 saturated carbocycles. The Morgan fingerprint density at radius 3 is 2.61 bits per heavy atom. The van der Waals surface area contributed by atoms with Gasteiger partial charge in [0.05, 0.1) is 0 Å². The van der Waals surface area contributed by atoms with Crippen LogP contribution in [0.1, 0.15) is 38.7 Å². The number of carbonyl (C=O) groups excluding carboxylic acids is 3. The number of carbonyl (C=O) groups is 3. The summed E-state index contributed by atoms with van der Waals surface area (Å²) in [6.45, 7) is 3.49. The average Bonchev–Trinajstić information content (AvgIpc) is 3.08. The molecule has 3 rings (SSSR count). The fourth-order valence-electron chi connectivity index (χ4n) is 3.84. The minimum atomic E-state index is -1.00. The van der Waals surface area contributed by atoms with Crippen molar-refractivity contribution in [3.05, 3.63) is 64.7 Å². The highest BCUT2D eigenvalue weighted by atomic mass is 35.5. The third-order valence-electron chi connectivity index (χ3n) is 5.60. The second kappa shape index (κ2) is 10.7. The molecule has 1 fully saturated rings. The number of nitrogens with zero attached hydrogens (tertiary/aromatic N) is 1. The molecule has 3 amide bonds. The van der Waals surface area contributed by atoms with Crippen molar-refractivity contribution in [3.8, 4) is 0 Å². The van der Waals surface area contributed by atoms with Crippen molar-refractivity contribution in [3.63, 3.8) is 0 Å². The van der Waals surface area contributed by atoms with Crippen molar-refractivity contribution in [1.82, 2.24) is 10.2 Å². The molecule has 1 aliphatic heterocycles. The summed E-state index contributed by atoms with van der Waals surface area (Å²) in [6.07, 6.45) is 0.596. The van der Waals surface area contributed by atoms with Crippen LogP contribution in [0.25, 0.3) is 0 Å². The summed E-state index contributed by atoms with van der Waals surface area (Å²) in [6, 6.07) is 9.21. The van der Waals surface area contributed by atoms with Crippen molar-refractivity contribution < 1.29 is 23.2 Å². The number of anilines is 1. The van der Waals surface area contributed by atoms with Crippen molar-refractivity contribution >= 4 is 35.0 Å². The number of rotatable bonds is 8. The standard InChI is InChI=1S/C24H26ClF2N3O3/c1-14(2)23(24(33)28-17-7-4-6-16(25)11-17)29-20(31)12-18-9-10-21(32)30(18)13-15-5-3-8-19(26)22(15)27/h3-8,11,14,18,23H,9-10,12-13H2,1-2H3,(H,28,33)(H,29,31)/t18-,23?/m0/s1. The van der Waals surface area contributed by atoms with Gasteiger partial charge in [-0.3, -0.25) is 14.4 Å². The Labute approximate surface area is 196 Å². The largest absolute Gasteiger partial charge is 0.344 e. The number of hydrogen-bond donors (Lipinski definition) is 2. The van der Waals surface area contributed by atoms with E-state index in [1.54, 1.807) is 38.1 Å². The fraction of sp³-hybridized carbons (Fsp3) is 0.375. The Morgan fingerprint density at radius 2 is 1.91 bits per heavy atom.